The molecule has 5 heterocycles. The van der Waals surface area contributed by atoms with Crippen LogP contribution in [0.4, 0.5) is 15.0 Å². The summed E-state index contributed by atoms with van der Waals surface area (Å²) in [5.41, 5.74) is 2.22. The quantitative estimate of drug-likeness (QED) is 0.665. The number of fused-ring (bicyclic) bond motifs is 1. The maximum absolute atomic E-state index is 13.5. The molecule has 0 unspecified atom stereocenters. The largest absolute Gasteiger partial charge is 0.364 e. The van der Waals surface area contributed by atoms with Crippen molar-refractivity contribution in [3.05, 3.63) is 24.5 Å². The standard InChI is InChI=1S/C21H26FN9O/c1-3-31-19(14-8-23-13(2)24-9-14)28-17-18(25-12-26-20(17)31)27-16-5-7-30(11-16)21(32)29-6-4-15(22)10-29/h8-9,12,15-16H,3-7,10-11H2,1-2H3,(H,25,26,27)/t15-,16+/m1/s1. The SMILES string of the molecule is CCn1c(-c2cnc(C)nc2)nc2c(N[C@H]3CCN(C(=O)N4CC[C@@H](F)C4)C3)ncnc21. The van der Waals surface area contributed by atoms with E-state index in [1.54, 1.807) is 22.2 Å². The van der Waals surface area contributed by atoms with Gasteiger partial charge in [-0.1, -0.05) is 0 Å². The Hall–Kier alpha value is -3.37. The Kier molecular flexibility index (Phi) is 5.32. The average molecular weight is 439 g/mol. The number of likely N-dealkylation sites (tertiary alicyclic amines) is 2. The summed E-state index contributed by atoms with van der Waals surface area (Å²) < 4.78 is 15.5. The zero-order valence-corrected chi connectivity index (χ0v) is 18.2. The molecular weight excluding hydrogens is 413 g/mol. The van der Waals surface area contributed by atoms with Crippen molar-refractivity contribution in [3.8, 4) is 11.4 Å². The third-order valence-corrected chi connectivity index (χ3v) is 6.09. The molecule has 0 aliphatic carbocycles. The number of rotatable bonds is 4. The van der Waals surface area contributed by atoms with Gasteiger partial charge in [0.15, 0.2) is 17.0 Å². The van der Waals surface area contributed by atoms with Gasteiger partial charge in [0.2, 0.25) is 0 Å². The molecule has 2 aliphatic heterocycles. The maximum atomic E-state index is 13.5. The van der Waals surface area contributed by atoms with Crippen molar-refractivity contribution in [2.75, 3.05) is 31.5 Å². The van der Waals surface area contributed by atoms with Crippen LogP contribution in [0.5, 0.6) is 0 Å². The number of carbonyl (C=O) groups excluding carboxylic acids is 1. The van der Waals surface area contributed by atoms with Gasteiger partial charge in [0.25, 0.3) is 0 Å². The van der Waals surface area contributed by atoms with Crippen molar-refractivity contribution in [1.29, 1.82) is 0 Å². The highest BCUT2D eigenvalue weighted by atomic mass is 19.1. The Morgan fingerprint density at radius 3 is 2.59 bits per heavy atom. The number of nitrogens with one attached hydrogen (secondary N) is 1. The van der Waals surface area contributed by atoms with Crippen LogP contribution in [0.25, 0.3) is 22.6 Å². The Balaban J connectivity index is 1.37. The molecule has 10 nitrogen and oxygen atoms in total. The molecule has 3 aromatic rings. The van der Waals surface area contributed by atoms with Gasteiger partial charge < -0.3 is 19.7 Å². The van der Waals surface area contributed by atoms with Crippen LogP contribution in [-0.2, 0) is 6.54 Å². The summed E-state index contributed by atoms with van der Waals surface area (Å²) in [6.07, 6.45) is 5.35. The van der Waals surface area contributed by atoms with Crippen molar-refractivity contribution in [2.45, 2.75) is 45.4 Å². The fourth-order valence-electron chi connectivity index (χ4n) is 4.41. The van der Waals surface area contributed by atoms with Crippen LogP contribution < -0.4 is 5.32 Å². The van der Waals surface area contributed by atoms with Crippen LogP contribution in [0.2, 0.25) is 0 Å². The number of imidazole rings is 1. The maximum Gasteiger partial charge on any atom is 0.320 e. The highest BCUT2D eigenvalue weighted by Crippen LogP contribution is 2.27. The molecule has 0 spiro atoms. The lowest BCUT2D eigenvalue weighted by Crippen LogP contribution is -2.41. The van der Waals surface area contributed by atoms with Crippen molar-refractivity contribution in [1.82, 2.24) is 39.3 Å². The van der Waals surface area contributed by atoms with E-state index in [-0.39, 0.29) is 18.6 Å². The van der Waals surface area contributed by atoms with Crippen molar-refractivity contribution >= 4 is 23.0 Å². The predicted octanol–water partition coefficient (Wildman–Crippen LogP) is 2.26. The molecule has 0 saturated carbocycles. The van der Waals surface area contributed by atoms with Crippen LogP contribution in [-0.4, -0.2) is 83.7 Å². The van der Waals surface area contributed by atoms with Crippen LogP contribution in [0, 0.1) is 6.92 Å². The molecule has 11 heteroatoms. The van der Waals surface area contributed by atoms with Crippen molar-refractivity contribution in [3.63, 3.8) is 0 Å². The van der Waals surface area contributed by atoms with Gasteiger partial charge in [-0.15, -0.1) is 0 Å². The fourth-order valence-corrected chi connectivity index (χ4v) is 4.41. The van der Waals surface area contributed by atoms with E-state index in [0.717, 1.165) is 23.5 Å². The third-order valence-electron chi connectivity index (χ3n) is 6.09. The van der Waals surface area contributed by atoms with E-state index in [0.29, 0.717) is 49.8 Å². The van der Waals surface area contributed by atoms with E-state index >= 15 is 0 Å². The molecule has 2 saturated heterocycles. The number of aryl methyl sites for hydroxylation is 2. The number of amides is 2. The first-order chi connectivity index (χ1) is 15.5. The van der Waals surface area contributed by atoms with Crippen LogP contribution in [0.3, 0.4) is 0 Å². The highest BCUT2D eigenvalue weighted by molar-refractivity contribution is 5.86. The number of halogens is 1. The number of aromatic nitrogens is 6. The summed E-state index contributed by atoms with van der Waals surface area (Å²) in [5, 5.41) is 3.45. The first kappa shape index (κ1) is 20.5. The second-order valence-electron chi connectivity index (χ2n) is 8.28. The predicted molar refractivity (Wildman–Crippen MR) is 117 cm³/mol. The van der Waals surface area contributed by atoms with Gasteiger partial charge in [-0.05, 0) is 26.7 Å². The summed E-state index contributed by atoms with van der Waals surface area (Å²) in [7, 11) is 0. The third kappa shape index (κ3) is 3.71. The minimum absolute atomic E-state index is 0.0405. The molecule has 2 aliphatic rings. The molecule has 3 aromatic heterocycles. The zero-order valence-electron chi connectivity index (χ0n) is 18.2. The van der Waals surface area contributed by atoms with E-state index in [1.807, 2.05) is 18.4 Å². The topological polar surface area (TPSA) is 105 Å². The summed E-state index contributed by atoms with van der Waals surface area (Å²) in [6.45, 7) is 6.43. The first-order valence-corrected chi connectivity index (χ1v) is 11.0. The summed E-state index contributed by atoms with van der Waals surface area (Å²) in [5.74, 6) is 2.08. The zero-order chi connectivity index (χ0) is 22.2. The first-order valence-electron chi connectivity index (χ1n) is 11.0. The van der Waals surface area contributed by atoms with Gasteiger partial charge >= 0.3 is 6.03 Å². The van der Waals surface area contributed by atoms with Gasteiger partial charge in [0, 0.05) is 44.6 Å². The van der Waals surface area contributed by atoms with Crippen LogP contribution in [0.1, 0.15) is 25.6 Å². The summed E-state index contributed by atoms with van der Waals surface area (Å²) >= 11 is 0. The molecule has 2 amide bonds. The number of alkyl halides is 1. The molecular formula is C21H26FN9O. The molecule has 2 fully saturated rings. The normalized spacial score (nSPS) is 21.0. The fraction of sp³-hybridized carbons (Fsp3) is 0.524. The van der Waals surface area contributed by atoms with Crippen molar-refractivity contribution < 1.29 is 9.18 Å². The smallest absolute Gasteiger partial charge is 0.320 e. The van der Waals surface area contributed by atoms with Gasteiger partial charge in [-0.25, -0.2) is 34.1 Å². The van der Waals surface area contributed by atoms with Crippen molar-refractivity contribution in [2.24, 2.45) is 0 Å². The lowest BCUT2D eigenvalue weighted by atomic mass is 10.2. The number of urea groups is 1. The number of nitrogens with zero attached hydrogens (tertiary/aromatic N) is 8. The average Bonchev–Trinajstić information content (AvgIpc) is 3.52. The Morgan fingerprint density at radius 1 is 1.12 bits per heavy atom. The summed E-state index contributed by atoms with van der Waals surface area (Å²) in [4.78, 5) is 38.3. The van der Waals surface area contributed by atoms with E-state index in [9.17, 15) is 9.18 Å². The number of carbonyl (C=O) groups is 1. The Labute approximate surface area is 184 Å². The van der Waals surface area contributed by atoms with E-state index in [2.05, 4.69) is 25.3 Å². The van der Waals surface area contributed by atoms with Gasteiger partial charge in [-0.2, -0.15) is 0 Å². The molecule has 0 aromatic carbocycles. The van der Waals surface area contributed by atoms with E-state index < -0.39 is 6.17 Å². The highest BCUT2D eigenvalue weighted by Gasteiger charge is 2.33. The second kappa shape index (κ2) is 8.29. The van der Waals surface area contributed by atoms with Gasteiger partial charge in [0.1, 0.15) is 24.1 Å². The monoisotopic (exact) mass is 439 g/mol. The molecule has 2 atom stereocenters. The van der Waals surface area contributed by atoms with Crippen LogP contribution >= 0.6 is 0 Å². The lowest BCUT2D eigenvalue weighted by molar-refractivity contribution is 0.169. The van der Waals surface area contributed by atoms with Gasteiger partial charge in [-0.3, -0.25) is 0 Å². The summed E-state index contributed by atoms with van der Waals surface area (Å²) in [6, 6.07) is -0.0436. The number of hydrogen-bond donors (Lipinski definition) is 1. The molecule has 0 radical (unpaired) electrons. The minimum Gasteiger partial charge on any atom is -0.364 e. The Bertz CT molecular complexity index is 1130. The van der Waals surface area contributed by atoms with E-state index in [1.165, 1.54) is 6.33 Å². The molecule has 32 heavy (non-hydrogen) atoms. The molecule has 0 bridgehead atoms. The van der Waals surface area contributed by atoms with E-state index in [4.69, 9.17) is 4.98 Å². The molecule has 168 valence electrons. The van der Waals surface area contributed by atoms with Gasteiger partial charge in [0.05, 0.1) is 12.1 Å². The second-order valence-corrected chi connectivity index (χ2v) is 8.28. The number of anilines is 1. The lowest BCUT2D eigenvalue weighted by Gasteiger charge is -2.24. The molecule has 1 N–H and O–H groups in total. The van der Waals surface area contributed by atoms with Crippen LogP contribution in [0.15, 0.2) is 18.7 Å². The Morgan fingerprint density at radius 2 is 1.88 bits per heavy atom. The minimum atomic E-state index is -0.911. The number of hydrogen-bond acceptors (Lipinski definition) is 7. The molecule has 5 rings (SSSR count).